The molecule has 1 unspecified atom stereocenters. The summed E-state index contributed by atoms with van der Waals surface area (Å²) in [4.78, 5) is 23.4. The minimum Gasteiger partial charge on any atom is -0.359 e. The van der Waals surface area contributed by atoms with Crippen LogP contribution in [0.4, 0.5) is 0 Å². The second-order valence-corrected chi connectivity index (χ2v) is 4.69. The van der Waals surface area contributed by atoms with Crippen molar-refractivity contribution in [3.8, 4) is 0 Å². The highest BCUT2D eigenvalue weighted by Crippen LogP contribution is 2.12. The normalized spacial score (nSPS) is 27.1. The summed E-state index contributed by atoms with van der Waals surface area (Å²) in [5.41, 5.74) is 0.542. The van der Waals surface area contributed by atoms with E-state index in [-0.39, 0.29) is 24.5 Å². The fourth-order valence-corrected chi connectivity index (χ4v) is 1.90. The second kappa shape index (κ2) is 8.77. The molecule has 0 radical (unpaired) electrons. The van der Waals surface area contributed by atoms with Gasteiger partial charge in [0.05, 0.1) is 6.10 Å². The third-order valence-electron chi connectivity index (χ3n) is 3.02. The summed E-state index contributed by atoms with van der Waals surface area (Å²) in [6, 6.07) is 0. The van der Waals surface area contributed by atoms with Gasteiger partial charge in [-0.2, -0.15) is 0 Å². The van der Waals surface area contributed by atoms with Gasteiger partial charge in [0, 0.05) is 20.0 Å². The van der Waals surface area contributed by atoms with E-state index in [0.717, 1.165) is 12.8 Å². The SMILES string of the molecule is COCOC1/C=C/CCCC(=O)/C=C(/C)C(=O)CC1. The van der Waals surface area contributed by atoms with E-state index in [1.54, 1.807) is 14.0 Å². The third kappa shape index (κ3) is 6.45. The van der Waals surface area contributed by atoms with Gasteiger partial charge < -0.3 is 9.47 Å². The Bertz CT molecular complexity index is 368. The maximum Gasteiger partial charge on any atom is 0.158 e. The average Bonchev–Trinajstić information content (AvgIpc) is 2.38. The number of allylic oxidation sites excluding steroid dienone is 3. The van der Waals surface area contributed by atoms with Crippen molar-refractivity contribution in [3.63, 3.8) is 0 Å². The van der Waals surface area contributed by atoms with E-state index in [9.17, 15) is 9.59 Å². The first-order valence-corrected chi connectivity index (χ1v) is 6.65. The van der Waals surface area contributed by atoms with Crippen molar-refractivity contribution in [3.05, 3.63) is 23.8 Å². The first-order valence-electron chi connectivity index (χ1n) is 6.65. The number of carbonyl (C=O) groups excluding carboxylic acids is 2. The molecule has 0 saturated carbocycles. The van der Waals surface area contributed by atoms with Crippen molar-refractivity contribution in [2.45, 2.75) is 45.1 Å². The molecule has 1 aliphatic carbocycles. The van der Waals surface area contributed by atoms with Gasteiger partial charge in [0.15, 0.2) is 11.6 Å². The van der Waals surface area contributed by atoms with Crippen LogP contribution in [0.3, 0.4) is 0 Å². The van der Waals surface area contributed by atoms with Crippen LogP contribution in [0.1, 0.15) is 39.0 Å². The summed E-state index contributed by atoms with van der Waals surface area (Å²) in [6.45, 7) is 1.92. The molecule has 1 rings (SSSR count). The summed E-state index contributed by atoms with van der Waals surface area (Å²) in [6.07, 6.45) is 8.45. The van der Waals surface area contributed by atoms with Crippen LogP contribution in [0.15, 0.2) is 23.8 Å². The average molecular weight is 266 g/mol. The molecule has 0 aliphatic heterocycles. The number of carbonyl (C=O) groups is 2. The van der Waals surface area contributed by atoms with E-state index in [2.05, 4.69) is 0 Å². The topological polar surface area (TPSA) is 52.6 Å². The van der Waals surface area contributed by atoms with Gasteiger partial charge >= 0.3 is 0 Å². The van der Waals surface area contributed by atoms with E-state index < -0.39 is 0 Å². The predicted octanol–water partition coefficient (Wildman–Crippen LogP) is 2.58. The summed E-state index contributed by atoms with van der Waals surface area (Å²) >= 11 is 0. The minimum atomic E-state index is -0.105. The van der Waals surface area contributed by atoms with Gasteiger partial charge in [0.1, 0.15) is 6.79 Å². The molecule has 0 spiro atoms. The van der Waals surface area contributed by atoms with Crippen molar-refractivity contribution < 1.29 is 19.1 Å². The van der Waals surface area contributed by atoms with Crippen LogP contribution in [0.25, 0.3) is 0 Å². The van der Waals surface area contributed by atoms with Gasteiger partial charge in [-0.15, -0.1) is 0 Å². The lowest BCUT2D eigenvalue weighted by molar-refractivity contribution is -0.118. The van der Waals surface area contributed by atoms with Crippen molar-refractivity contribution in [1.29, 1.82) is 0 Å². The quantitative estimate of drug-likeness (QED) is 0.582. The molecule has 0 amide bonds. The highest BCUT2D eigenvalue weighted by Gasteiger charge is 2.12. The van der Waals surface area contributed by atoms with E-state index in [0.29, 0.717) is 24.8 Å². The molecule has 1 atom stereocenters. The van der Waals surface area contributed by atoms with Crippen molar-refractivity contribution in [2.24, 2.45) is 0 Å². The van der Waals surface area contributed by atoms with Gasteiger partial charge in [0.25, 0.3) is 0 Å². The van der Waals surface area contributed by atoms with Gasteiger partial charge in [-0.1, -0.05) is 12.2 Å². The van der Waals surface area contributed by atoms with Gasteiger partial charge in [0.2, 0.25) is 0 Å². The van der Waals surface area contributed by atoms with Crippen LogP contribution in [-0.4, -0.2) is 31.6 Å². The lowest BCUT2D eigenvalue weighted by Gasteiger charge is -2.13. The Hall–Kier alpha value is -1.26. The molecule has 0 saturated heterocycles. The number of hydrogen-bond donors (Lipinski definition) is 0. The number of rotatable bonds is 3. The molecule has 0 bridgehead atoms. The maximum atomic E-state index is 11.9. The van der Waals surface area contributed by atoms with Gasteiger partial charge in [-0.25, -0.2) is 0 Å². The minimum absolute atomic E-state index is 0.00772. The Kier molecular flexibility index (Phi) is 7.30. The first kappa shape index (κ1) is 15.8. The molecule has 0 aromatic heterocycles. The summed E-state index contributed by atoms with van der Waals surface area (Å²) in [5, 5.41) is 0. The number of Topliss-reactive ketones (excluding diaryl/α,β-unsaturated/α-hetero) is 1. The van der Waals surface area contributed by atoms with E-state index in [1.807, 2.05) is 12.2 Å². The molecule has 1 aliphatic rings. The molecule has 106 valence electrons. The smallest absolute Gasteiger partial charge is 0.158 e. The highest BCUT2D eigenvalue weighted by molar-refractivity contribution is 6.02. The zero-order chi connectivity index (χ0) is 14.1. The van der Waals surface area contributed by atoms with Crippen LogP contribution in [0.5, 0.6) is 0 Å². The van der Waals surface area contributed by atoms with Crippen molar-refractivity contribution in [2.75, 3.05) is 13.9 Å². The Morgan fingerprint density at radius 2 is 2.11 bits per heavy atom. The fourth-order valence-electron chi connectivity index (χ4n) is 1.90. The first-order chi connectivity index (χ1) is 9.13. The molecular weight excluding hydrogens is 244 g/mol. The number of hydrogen-bond acceptors (Lipinski definition) is 4. The van der Waals surface area contributed by atoms with Gasteiger partial charge in [-0.3, -0.25) is 9.59 Å². The monoisotopic (exact) mass is 266 g/mol. The summed E-state index contributed by atoms with van der Waals surface area (Å²) in [5.74, 6) is 0.0420. The molecule has 4 heteroatoms. The molecule has 0 aromatic rings. The zero-order valence-electron chi connectivity index (χ0n) is 11.7. The van der Waals surface area contributed by atoms with Crippen LogP contribution in [0.2, 0.25) is 0 Å². The Labute approximate surface area is 114 Å². The number of methoxy groups -OCH3 is 1. The molecule has 0 N–H and O–H groups in total. The molecule has 0 fully saturated rings. The van der Waals surface area contributed by atoms with E-state index in [4.69, 9.17) is 9.47 Å². The number of ether oxygens (including phenoxy) is 2. The summed E-state index contributed by atoms with van der Waals surface area (Å²) in [7, 11) is 1.57. The molecule has 4 nitrogen and oxygen atoms in total. The molecule has 0 aromatic carbocycles. The second-order valence-electron chi connectivity index (χ2n) is 4.69. The van der Waals surface area contributed by atoms with Crippen LogP contribution in [0, 0.1) is 0 Å². The van der Waals surface area contributed by atoms with E-state index in [1.165, 1.54) is 6.08 Å². The highest BCUT2D eigenvalue weighted by atomic mass is 16.7. The Morgan fingerprint density at radius 3 is 2.84 bits per heavy atom. The maximum absolute atomic E-state index is 11.9. The Morgan fingerprint density at radius 1 is 1.32 bits per heavy atom. The van der Waals surface area contributed by atoms with Crippen molar-refractivity contribution in [1.82, 2.24) is 0 Å². The molecule has 0 heterocycles. The van der Waals surface area contributed by atoms with Crippen molar-refractivity contribution >= 4 is 11.6 Å². The molecular formula is C15H22O4. The summed E-state index contributed by atoms with van der Waals surface area (Å²) < 4.78 is 10.4. The molecule has 19 heavy (non-hydrogen) atoms. The largest absolute Gasteiger partial charge is 0.359 e. The standard InChI is InChI=1S/C15H22O4/c1-12-10-13(16)6-4-3-5-7-14(19-11-18-2)8-9-15(12)17/h5,7,10,14H,3-4,6,8-9,11H2,1-2H3/b7-5+,12-10-. The lowest BCUT2D eigenvalue weighted by atomic mass is 10.0. The lowest BCUT2D eigenvalue weighted by Crippen LogP contribution is -2.15. The Balaban J connectivity index is 2.67. The van der Waals surface area contributed by atoms with E-state index >= 15 is 0 Å². The van der Waals surface area contributed by atoms with Crippen LogP contribution < -0.4 is 0 Å². The zero-order valence-corrected chi connectivity index (χ0v) is 11.7. The fraction of sp³-hybridized carbons (Fsp3) is 0.600. The van der Waals surface area contributed by atoms with Gasteiger partial charge in [-0.05, 0) is 37.8 Å². The predicted molar refractivity (Wildman–Crippen MR) is 72.7 cm³/mol. The van der Waals surface area contributed by atoms with Crippen LogP contribution >= 0.6 is 0 Å². The number of ketones is 2. The third-order valence-corrected chi connectivity index (χ3v) is 3.02. The van der Waals surface area contributed by atoms with Crippen LogP contribution in [-0.2, 0) is 19.1 Å².